The molecule has 3 heterocycles. The van der Waals surface area contributed by atoms with Gasteiger partial charge < -0.3 is 10.3 Å². The van der Waals surface area contributed by atoms with Crippen LogP contribution in [0, 0.1) is 13.8 Å². The van der Waals surface area contributed by atoms with Crippen molar-refractivity contribution in [1.29, 1.82) is 0 Å². The normalized spacial score (nSPS) is 13.7. The van der Waals surface area contributed by atoms with Gasteiger partial charge in [-0.05, 0) is 45.1 Å². The van der Waals surface area contributed by atoms with E-state index in [9.17, 15) is 9.59 Å². The molecule has 27 heavy (non-hydrogen) atoms. The van der Waals surface area contributed by atoms with Gasteiger partial charge in [0.25, 0.3) is 5.56 Å². The van der Waals surface area contributed by atoms with Crippen LogP contribution in [0.15, 0.2) is 9.95 Å². The number of nitrogens with one attached hydrogen (secondary N) is 2. The molecule has 0 unspecified atom stereocenters. The van der Waals surface area contributed by atoms with Crippen LogP contribution in [0.25, 0.3) is 10.2 Å². The predicted molar refractivity (Wildman–Crippen MR) is 109 cm³/mol. The molecule has 3 aromatic rings. The molecule has 3 aromatic heterocycles. The average molecular weight is 404 g/mol. The first-order valence-corrected chi connectivity index (χ1v) is 10.7. The molecule has 142 valence electrons. The van der Waals surface area contributed by atoms with Gasteiger partial charge in [0.05, 0.1) is 28.2 Å². The summed E-state index contributed by atoms with van der Waals surface area (Å²) < 4.78 is 1.74. The summed E-state index contributed by atoms with van der Waals surface area (Å²) in [5.41, 5.74) is 3.51. The fourth-order valence-corrected chi connectivity index (χ4v) is 5.46. The maximum Gasteiger partial charge on any atom is 0.260 e. The van der Waals surface area contributed by atoms with Crippen molar-refractivity contribution in [2.75, 3.05) is 11.1 Å². The second kappa shape index (κ2) is 7.12. The van der Waals surface area contributed by atoms with Crippen LogP contribution in [0.3, 0.4) is 0 Å². The molecule has 0 bridgehead atoms. The van der Waals surface area contributed by atoms with Gasteiger partial charge in [0.2, 0.25) is 5.91 Å². The first kappa shape index (κ1) is 18.2. The largest absolute Gasteiger partial charge is 0.322 e. The molecule has 0 saturated heterocycles. The van der Waals surface area contributed by atoms with Crippen LogP contribution in [0.4, 0.5) is 5.69 Å². The summed E-state index contributed by atoms with van der Waals surface area (Å²) in [6, 6.07) is 0. The lowest BCUT2D eigenvalue weighted by molar-refractivity contribution is -0.113. The third-order valence-corrected chi connectivity index (χ3v) is 6.98. The van der Waals surface area contributed by atoms with E-state index in [-0.39, 0.29) is 17.2 Å². The Labute approximate surface area is 164 Å². The highest BCUT2D eigenvalue weighted by Gasteiger charge is 2.20. The molecular weight excluding hydrogens is 382 g/mol. The van der Waals surface area contributed by atoms with Crippen molar-refractivity contribution < 1.29 is 4.79 Å². The summed E-state index contributed by atoms with van der Waals surface area (Å²) >= 11 is 2.86. The van der Waals surface area contributed by atoms with Crippen LogP contribution in [-0.2, 0) is 24.7 Å². The molecule has 0 saturated carbocycles. The fourth-order valence-electron chi connectivity index (χ4n) is 3.48. The number of nitrogens with zero attached hydrogens (tertiary/aromatic N) is 3. The highest BCUT2D eigenvalue weighted by molar-refractivity contribution is 7.99. The number of thioether (sulfide) groups is 1. The van der Waals surface area contributed by atoms with Crippen LogP contribution < -0.4 is 10.9 Å². The van der Waals surface area contributed by atoms with Crippen LogP contribution in [-0.4, -0.2) is 31.4 Å². The molecule has 0 spiro atoms. The Morgan fingerprint density at radius 2 is 2.11 bits per heavy atom. The number of rotatable bonds is 4. The van der Waals surface area contributed by atoms with E-state index in [0.717, 1.165) is 46.6 Å². The Kier molecular flexibility index (Phi) is 4.81. The van der Waals surface area contributed by atoms with Gasteiger partial charge in [-0.25, -0.2) is 4.98 Å². The van der Waals surface area contributed by atoms with Crippen molar-refractivity contribution in [1.82, 2.24) is 19.7 Å². The number of aryl methyl sites for hydroxylation is 4. The smallest absolute Gasteiger partial charge is 0.260 e. The zero-order valence-corrected chi connectivity index (χ0v) is 17.1. The monoisotopic (exact) mass is 403 g/mol. The Morgan fingerprint density at radius 1 is 1.33 bits per heavy atom. The fraction of sp³-hybridized carbons (Fsp3) is 0.444. The molecule has 0 aromatic carbocycles. The molecular formula is C18H21N5O2S2. The topological polar surface area (TPSA) is 92.7 Å². The zero-order valence-electron chi connectivity index (χ0n) is 15.5. The molecule has 0 radical (unpaired) electrons. The zero-order chi connectivity index (χ0) is 19.1. The maximum atomic E-state index is 12.5. The standard InChI is InChI=1S/C18H21N5O2S2/c1-9-15(10(2)23(3)22-9)19-13(24)8-26-18-20-16(25)14-11-6-4-5-7-12(11)27-17(14)21-18/h4-8H2,1-3H3,(H,19,24)(H,20,21,25). The lowest BCUT2D eigenvalue weighted by atomic mass is 9.97. The summed E-state index contributed by atoms with van der Waals surface area (Å²) in [6.45, 7) is 3.77. The van der Waals surface area contributed by atoms with Gasteiger partial charge in [0, 0.05) is 11.9 Å². The number of aromatic amines is 1. The van der Waals surface area contributed by atoms with Crippen molar-refractivity contribution in [2.24, 2.45) is 7.05 Å². The van der Waals surface area contributed by atoms with E-state index in [2.05, 4.69) is 20.4 Å². The number of carbonyl (C=O) groups is 1. The lowest BCUT2D eigenvalue weighted by Crippen LogP contribution is -2.16. The van der Waals surface area contributed by atoms with Crippen LogP contribution in [0.1, 0.15) is 34.7 Å². The number of aromatic nitrogens is 4. The van der Waals surface area contributed by atoms with Gasteiger partial charge >= 0.3 is 0 Å². The third kappa shape index (κ3) is 3.41. The molecule has 9 heteroatoms. The predicted octanol–water partition coefficient (Wildman–Crippen LogP) is 2.94. The maximum absolute atomic E-state index is 12.5. The van der Waals surface area contributed by atoms with Gasteiger partial charge in [-0.3, -0.25) is 14.3 Å². The SMILES string of the molecule is Cc1nn(C)c(C)c1NC(=O)CSc1nc2sc3c(c2c(=O)[nH]1)CCCC3. The van der Waals surface area contributed by atoms with Crippen LogP contribution in [0.2, 0.25) is 0 Å². The van der Waals surface area contributed by atoms with E-state index in [1.165, 1.54) is 28.6 Å². The number of amides is 1. The van der Waals surface area contributed by atoms with Gasteiger partial charge in [-0.2, -0.15) is 5.10 Å². The van der Waals surface area contributed by atoms with Crippen molar-refractivity contribution >= 4 is 44.9 Å². The first-order valence-electron chi connectivity index (χ1n) is 8.91. The van der Waals surface area contributed by atoms with E-state index >= 15 is 0 Å². The van der Waals surface area contributed by atoms with Gasteiger partial charge in [-0.15, -0.1) is 11.3 Å². The van der Waals surface area contributed by atoms with E-state index in [4.69, 9.17) is 0 Å². The van der Waals surface area contributed by atoms with Crippen LogP contribution in [0.5, 0.6) is 0 Å². The second-order valence-corrected chi connectivity index (χ2v) is 8.82. The number of H-pyrrole nitrogens is 1. The number of hydrogen-bond acceptors (Lipinski definition) is 6. The minimum absolute atomic E-state index is 0.0961. The van der Waals surface area contributed by atoms with E-state index in [1.807, 2.05) is 20.9 Å². The van der Waals surface area contributed by atoms with E-state index < -0.39 is 0 Å². The number of hydrogen-bond donors (Lipinski definition) is 2. The van der Waals surface area contributed by atoms with Gasteiger partial charge in [-0.1, -0.05) is 11.8 Å². The Bertz CT molecular complexity index is 1100. The number of carbonyl (C=O) groups excluding carboxylic acids is 1. The van der Waals surface area contributed by atoms with Crippen molar-refractivity contribution in [3.8, 4) is 0 Å². The quantitative estimate of drug-likeness (QED) is 0.516. The average Bonchev–Trinajstić information content (AvgIpc) is 3.12. The number of thiophene rings is 1. The van der Waals surface area contributed by atoms with Gasteiger partial charge in [0.1, 0.15) is 4.83 Å². The molecule has 0 atom stereocenters. The number of anilines is 1. The highest BCUT2D eigenvalue weighted by Crippen LogP contribution is 2.34. The third-order valence-electron chi connectivity index (χ3n) is 4.92. The van der Waals surface area contributed by atoms with Crippen molar-refractivity contribution in [3.05, 3.63) is 32.2 Å². The minimum atomic E-state index is -0.146. The molecule has 1 aliphatic carbocycles. The Balaban J connectivity index is 1.50. The Hall–Kier alpha value is -2.13. The molecule has 0 fully saturated rings. The molecule has 7 nitrogen and oxygen atoms in total. The van der Waals surface area contributed by atoms with E-state index in [0.29, 0.717) is 5.16 Å². The molecule has 1 amide bonds. The minimum Gasteiger partial charge on any atom is -0.322 e. The summed E-state index contributed by atoms with van der Waals surface area (Å²) in [5, 5.41) is 8.42. The Morgan fingerprint density at radius 3 is 2.85 bits per heavy atom. The molecule has 0 aliphatic heterocycles. The second-order valence-electron chi connectivity index (χ2n) is 6.77. The van der Waals surface area contributed by atoms with Crippen molar-refractivity contribution in [3.63, 3.8) is 0 Å². The van der Waals surface area contributed by atoms with Crippen LogP contribution >= 0.6 is 23.1 Å². The summed E-state index contributed by atoms with van der Waals surface area (Å²) in [5.74, 6) is 0.0280. The van der Waals surface area contributed by atoms with Gasteiger partial charge in [0.15, 0.2) is 5.16 Å². The molecule has 4 rings (SSSR count). The first-order chi connectivity index (χ1) is 12.9. The summed E-state index contributed by atoms with van der Waals surface area (Å²) in [4.78, 5) is 34.4. The summed E-state index contributed by atoms with van der Waals surface area (Å²) in [6.07, 6.45) is 4.29. The molecule has 2 N–H and O–H groups in total. The van der Waals surface area contributed by atoms with E-state index in [1.54, 1.807) is 16.0 Å². The number of fused-ring (bicyclic) bond motifs is 3. The van der Waals surface area contributed by atoms with Crippen molar-refractivity contribution in [2.45, 2.75) is 44.7 Å². The lowest BCUT2D eigenvalue weighted by Gasteiger charge is -2.09. The summed E-state index contributed by atoms with van der Waals surface area (Å²) in [7, 11) is 1.84. The molecule has 1 aliphatic rings. The highest BCUT2D eigenvalue weighted by atomic mass is 32.2.